The number of nitrogens with zero attached hydrogens (tertiary/aromatic N) is 1. The minimum atomic E-state index is -3.79. The molecule has 1 aromatic rings. The molecule has 0 amide bonds. The lowest BCUT2D eigenvalue weighted by Gasteiger charge is -2.09. The van der Waals surface area contributed by atoms with E-state index in [0.717, 1.165) is 18.2 Å². The highest BCUT2D eigenvalue weighted by Gasteiger charge is 2.21. The van der Waals surface area contributed by atoms with Gasteiger partial charge in [0.2, 0.25) is 10.0 Å². The fourth-order valence-electron chi connectivity index (χ4n) is 1.26. The highest BCUT2D eigenvalue weighted by molar-refractivity contribution is 7.89. The van der Waals surface area contributed by atoms with Crippen LogP contribution >= 0.6 is 0 Å². The van der Waals surface area contributed by atoms with Crippen LogP contribution in [0.2, 0.25) is 0 Å². The third kappa shape index (κ3) is 3.15. The lowest BCUT2D eigenvalue weighted by atomic mass is 10.3. The smallest absolute Gasteiger partial charge is 0.273 e. The van der Waals surface area contributed by atoms with Crippen LogP contribution in [0.3, 0.4) is 0 Å². The van der Waals surface area contributed by atoms with Gasteiger partial charge in [-0.15, -0.1) is 0 Å². The maximum absolute atomic E-state index is 11.8. The molecule has 100 valence electrons. The summed E-state index contributed by atoms with van der Waals surface area (Å²) in [6.07, 6.45) is 0. The van der Waals surface area contributed by atoms with Crippen molar-refractivity contribution in [3.8, 4) is 5.75 Å². The van der Waals surface area contributed by atoms with Gasteiger partial charge in [-0.2, -0.15) is 0 Å². The molecule has 0 unspecified atom stereocenters. The van der Waals surface area contributed by atoms with Gasteiger partial charge in [0.05, 0.1) is 18.1 Å². The van der Waals surface area contributed by atoms with E-state index in [0.29, 0.717) is 0 Å². The number of benzene rings is 1. The molecule has 0 aliphatic carbocycles. The predicted octanol–water partition coefficient (Wildman–Crippen LogP) is -0.160. The number of ether oxygens (including phenoxy) is 1. The van der Waals surface area contributed by atoms with Crippen LogP contribution < -0.4 is 15.2 Å². The van der Waals surface area contributed by atoms with Crippen molar-refractivity contribution in [1.82, 2.24) is 4.72 Å². The molecule has 9 heteroatoms. The zero-order chi connectivity index (χ0) is 13.8. The van der Waals surface area contributed by atoms with Crippen molar-refractivity contribution in [3.63, 3.8) is 0 Å². The molecule has 3 N–H and O–H groups in total. The Bertz CT molecular complexity index is 543. The molecule has 0 bridgehead atoms. The number of nitrogens with two attached hydrogens (primary N) is 1. The highest BCUT2D eigenvalue weighted by atomic mass is 32.2. The van der Waals surface area contributed by atoms with Crippen LogP contribution in [0.1, 0.15) is 0 Å². The van der Waals surface area contributed by atoms with Crippen molar-refractivity contribution < 1.29 is 18.1 Å². The quantitative estimate of drug-likeness (QED) is 0.549. The fraction of sp³-hybridized carbons (Fsp3) is 0.333. The SMILES string of the molecule is COc1cc([N+](=O)[O-])ccc1S(=O)(=O)NCCN. The van der Waals surface area contributed by atoms with Crippen LogP contribution in [0.5, 0.6) is 5.75 Å². The van der Waals surface area contributed by atoms with Crippen molar-refractivity contribution >= 4 is 15.7 Å². The molecular formula is C9H13N3O5S. The Morgan fingerprint density at radius 1 is 1.50 bits per heavy atom. The average molecular weight is 275 g/mol. The maximum Gasteiger partial charge on any atom is 0.273 e. The van der Waals surface area contributed by atoms with Gasteiger partial charge in [-0.3, -0.25) is 10.1 Å². The van der Waals surface area contributed by atoms with E-state index in [-0.39, 0.29) is 29.4 Å². The number of non-ortho nitro benzene ring substituents is 1. The molecule has 1 rings (SSSR count). The summed E-state index contributed by atoms with van der Waals surface area (Å²) in [6.45, 7) is 0.219. The summed E-state index contributed by atoms with van der Waals surface area (Å²) in [4.78, 5) is 9.77. The molecule has 0 spiro atoms. The molecule has 0 heterocycles. The third-order valence-corrected chi connectivity index (χ3v) is 3.58. The molecule has 0 aliphatic heterocycles. The van der Waals surface area contributed by atoms with Gasteiger partial charge in [0.25, 0.3) is 5.69 Å². The summed E-state index contributed by atoms with van der Waals surface area (Å²) in [7, 11) is -2.55. The summed E-state index contributed by atoms with van der Waals surface area (Å²) in [6, 6.07) is 3.27. The first-order chi connectivity index (χ1) is 8.42. The van der Waals surface area contributed by atoms with Gasteiger partial charge in [0.15, 0.2) is 0 Å². The molecule has 0 atom stereocenters. The Kier molecular flexibility index (Phi) is 4.59. The number of methoxy groups -OCH3 is 1. The van der Waals surface area contributed by atoms with E-state index < -0.39 is 14.9 Å². The Morgan fingerprint density at radius 2 is 2.17 bits per heavy atom. The van der Waals surface area contributed by atoms with Gasteiger partial charge >= 0.3 is 0 Å². The molecule has 18 heavy (non-hydrogen) atoms. The zero-order valence-corrected chi connectivity index (χ0v) is 10.4. The largest absolute Gasteiger partial charge is 0.495 e. The average Bonchev–Trinajstić information content (AvgIpc) is 2.35. The summed E-state index contributed by atoms with van der Waals surface area (Å²) in [5.41, 5.74) is 4.95. The topological polar surface area (TPSA) is 125 Å². The molecule has 1 aromatic carbocycles. The highest BCUT2D eigenvalue weighted by Crippen LogP contribution is 2.27. The maximum atomic E-state index is 11.8. The fourth-order valence-corrected chi connectivity index (χ4v) is 2.46. The van der Waals surface area contributed by atoms with Crippen LogP contribution in [0.25, 0.3) is 0 Å². The second-order valence-corrected chi connectivity index (χ2v) is 5.01. The van der Waals surface area contributed by atoms with Gasteiger partial charge < -0.3 is 10.5 Å². The van der Waals surface area contributed by atoms with Crippen LogP contribution in [0, 0.1) is 10.1 Å². The number of nitro benzene ring substituents is 1. The number of rotatable bonds is 6. The first kappa shape index (κ1) is 14.4. The van der Waals surface area contributed by atoms with E-state index in [9.17, 15) is 18.5 Å². The van der Waals surface area contributed by atoms with Crippen molar-refractivity contribution in [1.29, 1.82) is 0 Å². The lowest BCUT2D eigenvalue weighted by molar-refractivity contribution is -0.385. The van der Waals surface area contributed by atoms with E-state index in [1.54, 1.807) is 0 Å². The summed E-state index contributed by atoms with van der Waals surface area (Å²) in [5, 5.41) is 10.6. The minimum Gasteiger partial charge on any atom is -0.495 e. The minimum absolute atomic E-state index is 0.0719. The second-order valence-electron chi connectivity index (χ2n) is 3.28. The van der Waals surface area contributed by atoms with Gasteiger partial charge in [0, 0.05) is 19.2 Å². The number of nitrogens with one attached hydrogen (secondary N) is 1. The van der Waals surface area contributed by atoms with Crippen molar-refractivity contribution in [2.45, 2.75) is 4.90 Å². The summed E-state index contributed by atoms with van der Waals surface area (Å²) >= 11 is 0. The monoisotopic (exact) mass is 275 g/mol. The summed E-state index contributed by atoms with van der Waals surface area (Å²) < 4.78 is 30.8. The van der Waals surface area contributed by atoms with E-state index in [1.807, 2.05) is 0 Å². The van der Waals surface area contributed by atoms with Gasteiger partial charge in [0.1, 0.15) is 10.6 Å². The van der Waals surface area contributed by atoms with Crippen LogP contribution in [-0.4, -0.2) is 33.5 Å². The Morgan fingerprint density at radius 3 is 2.67 bits per heavy atom. The third-order valence-electron chi connectivity index (χ3n) is 2.08. The van der Waals surface area contributed by atoms with Gasteiger partial charge in [-0.25, -0.2) is 13.1 Å². The van der Waals surface area contributed by atoms with Gasteiger partial charge in [-0.1, -0.05) is 0 Å². The first-order valence-electron chi connectivity index (χ1n) is 4.94. The molecular weight excluding hydrogens is 262 g/mol. The van der Waals surface area contributed by atoms with Crippen LogP contribution in [0.15, 0.2) is 23.1 Å². The second kappa shape index (κ2) is 5.76. The molecule has 0 fully saturated rings. The molecule has 0 aromatic heterocycles. The Labute approximate surface area is 104 Å². The van der Waals surface area contributed by atoms with Crippen LogP contribution in [0.4, 0.5) is 5.69 Å². The van der Waals surface area contributed by atoms with E-state index in [2.05, 4.69) is 4.72 Å². The summed E-state index contributed by atoms with van der Waals surface area (Å²) in [5.74, 6) is -0.0891. The number of sulfonamides is 1. The van der Waals surface area contributed by atoms with Crippen LogP contribution in [-0.2, 0) is 10.0 Å². The van der Waals surface area contributed by atoms with Crippen molar-refractivity contribution in [2.75, 3.05) is 20.2 Å². The van der Waals surface area contributed by atoms with E-state index in [4.69, 9.17) is 10.5 Å². The van der Waals surface area contributed by atoms with Crippen molar-refractivity contribution in [3.05, 3.63) is 28.3 Å². The number of hydrogen-bond donors (Lipinski definition) is 2. The molecule has 0 aliphatic rings. The number of hydrogen-bond acceptors (Lipinski definition) is 6. The predicted molar refractivity (Wildman–Crippen MR) is 63.9 cm³/mol. The first-order valence-corrected chi connectivity index (χ1v) is 6.43. The molecule has 0 radical (unpaired) electrons. The van der Waals surface area contributed by atoms with Crippen molar-refractivity contribution in [2.24, 2.45) is 5.73 Å². The van der Waals surface area contributed by atoms with E-state index in [1.165, 1.54) is 7.11 Å². The molecule has 0 saturated carbocycles. The Balaban J connectivity index is 3.21. The van der Waals surface area contributed by atoms with E-state index >= 15 is 0 Å². The molecule has 0 saturated heterocycles. The number of nitro groups is 1. The lowest BCUT2D eigenvalue weighted by Crippen LogP contribution is -2.29. The molecule has 8 nitrogen and oxygen atoms in total. The van der Waals surface area contributed by atoms with Gasteiger partial charge in [-0.05, 0) is 6.07 Å². The Hall–Kier alpha value is -1.71. The zero-order valence-electron chi connectivity index (χ0n) is 9.62. The standard InChI is InChI=1S/C9H13N3O5S/c1-17-8-6-7(12(13)14)2-3-9(8)18(15,16)11-5-4-10/h2-3,6,11H,4-5,10H2,1H3. The normalized spacial score (nSPS) is 11.2.